The minimum absolute atomic E-state index is 0.0684. The molecule has 1 atom stereocenters. The first kappa shape index (κ1) is 19.2. The summed E-state index contributed by atoms with van der Waals surface area (Å²) < 4.78 is 16.6. The minimum Gasteiger partial charge on any atom is -0.504 e. The monoisotopic (exact) mass is 522 g/mol. The fraction of sp³-hybridized carbons (Fsp3) is 0.412. The summed E-state index contributed by atoms with van der Waals surface area (Å²) in [6.07, 6.45) is 4.54. The van der Waals surface area contributed by atoms with Crippen molar-refractivity contribution in [1.82, 2.24) is 0 Å². The van der Waals surface area contributed by atoms with Crippen LogP contribution in [0.2, 0.25) is 5.02 Å². The Kier molecular flexibility index (Phi) is 5.21. The van der Waals surface area contributed by atoms with E-state index in [2.05, 4.69) is 10.6 Å². The van der Waals surface area contributed by atoms with Crippen LogP contribution < -0.4 is 21.5 Å². The van der Waals surface area contributed by atoms with E-state index < -0.39 is 27.7 Å². The summed E-state index contributed by atoms with van der Waals surface area (Å²) >= 11 is 5.46. The maximum Gasteiger partial charge on any atom is 0.253 e. The Labute approximate surface area is 176 Å². The lowest BCUT2D eigenvalue weighted by atomic mass is 10.1. The molecular weight excluding hydrogens is 507 g/mol. The highest BCUT2D eigenvalue weighted by atomic mass is 127. The highest BCUT2D eigenvalue weighted by Gasteiger charge is 2.42. The van der Waals surface area contributed by atoms with Gasteiger partial charge in [-0.1, -0.05) is 11.6 Å². The zero-order valence-corrected chi connectivity index (χ0v) is 17.7. The van der Waals surface area contributed by atoms with E-state index in [9.17, 15) is 18.9 Å². The first-order chi connectivity index (χ1) is 12.9. The van der Waals surface area contributed by atoms with Crippen LogP contribution in [0.5, 0.6) is 5.75 Å². The van der Waals surface area contributed by atoms with Crippen molar-refractivity contribution in [3.05, 3.63) is 37.6 Å². The molecule has 2 aromatic rings. The SMILES string of the molecule is O=c1c(Nc2ccc(Cl)c(S(=O)OI)c2O)c(NC(C2CC2)C2CC2)c1=O. The number of benzene rings is 1. The third-order valence-corrected chi connectivity index (χ3v) is 7.32. The molecule has 2 aliphatic rings. The van der Waals surface area contributed by atoms with Gasteiger partial charge < -0.3 is 15.7 Å². The van der Waals surface area contributed by atoms with Crippen molar-refractivity contribution in [3.8, 4) is 5.75 Å². The standard InChI is InChI=1S/C17H16ClIN2O5S/c18-9-5-6-10(14(22)17(9)27(25)26-19)20-12-13(16(24)15(12)23)21-11(7-1-2-7)8-3-4-8/h5-8,11,20-22H,1-4H2. The summed E-state index contributed by atoms with van der Waals surface area (Å²) in [4.78, 5) is 24.1. The van der Waals surface area contributed by atoms with Crippen LogP contribution in [0.15, 0.2) is 26.6 Å². The van der Waals surface area contributed by atoms with Crippen LogP contribution in [0.4, 0.5) is 17.1 Å². The molecular formula is C17H16ClIN2O5S. The van der Waals surface area contributed by atoms with Crippen molar-refractivity contribution >= 4 is 62.7 Å². The molecule has 3 N–H and O–H groups in total. The van der Waals surface area contributed by atoms with Gasteiger partial charge >= 0.3 is 0 Å². The molecule has 0 saturated heterocycles. The van der Waals surface area contributed by atoms with E-state index in [4.69, 9.17) is 14.1 Å². The number of anilines is 3. The molecule has 0 radical (unpaired) electrons. The second-order valence-corrected chi connectivity index (χ2v) is 9.44. The molecule has 1 unspecified atom stereocenters. The maximum atomic E-state index is 12.1. The summed E-state index contributed by atoms with van der Waals surface area (Å²) in [6, 6.07) is 3.09. The highest BCUT2D eigenvalue weighted by Crippen LogP contribution is 2.46. The van der Waals surface area contributed by atoms with Crippen molar-refractivity contribution in [2.75, 3.05) is 10.6 Å². The van der Waals surface area contributed by atoms with E-state index in [0.29, 0.717) is 11.8 Å². The van der Waals surface area contributed by atoms with Gasteiger partial charge in [-0.3, -0.25) is 9.59 Å². The third-order valence-electron chi connectivity index (χ3n) is 5.05. The molecule has 0 aromatic heterocycles. The average Bonchev–Trinajstić information content (AvgIpc) is 3.55. The molecule has 0 bridgehead atoms. The van der Waals surface area contributed by atoms with Gasteiger partial charge in [-0.2, -0.15) is 0 Å². The molecule has 0 amide bonds. The topological polar surface area (TPSA) is 105 Å². The molecule has 144 valence electrons. The summed E-state index contributed by atoms with van der Waals surface area (Å²) in [7, 11) is 0. The van der Waals surface area contributed by atoms with Crippen LogP contribution in [0.25, 0.3) is 0 Å². The Bertz CT molecular complexity index is 986. The molecule has 0 spiro atoms. The first-order valence-electron chi connectivity index (χ1n) is 8.51. The summed E-state index contributed by atoms with van der Waals surface area (Å²) in [5.74, 6) is 0.708. The molecule has 2 fully saturated rings. The van der Waals surface area contributed by atoms with Gasteiger partial charge in [0.05, 0.1) is 10.7 Å². The number of phenols is 1. The minimum atomic E-state index is -1.97. The van der Waals surface area contributed by atoms with Gasteiger partial charge in [0.25, 0.3) is 10.9 Å². The molecule has 7 nitrogen and oxygen atoms in total. The largest absolute Gasteiger partial charge is 0.504 e. The Morgan fingerprint density at radius 3 is 2.30 bits per heavy atom. The van der Waals surface area contributed by atoms with Gasteiger partial charge in [0.15, 0.2) is 5.75 Å². The summed E-state index contributed by atoms with van der Waals surface area (Å²) in [5, 5.41) is 16.5. The van der Waals surface area contributed by atoms with Gasteiger partial charge in [0.2, 0.25) is 11.1 Å². The van der Waals surface area contributed by atoms with E-state index in [0.717, 1.165) is 25.7 Å². The summed E-state index contributed by atoms with van der Waals surface area (Å²) in [6.45, 7) is 0. The van der Waals surface area contributed by atoms with Gasteiger partial charge in [-0.25, -0.2) is 6.72 Å². The third kappa shape index (κ3) is 3.62. The normalized spacial score (nSPS) is 18.0. The van der Waals surface area contributed by atoms with Crippen molar-refractivity contribution in [2.45, 2.75) is 36.6 Å². The highest BCUT2D eigenvalue weighted by molar-refractivity contribution is 14.1. The lowest BCUT2D eigenvalue weighted by molar-refractivity contribution is 0.462. The van der Waals surface area contributed by atoms with Gasteiger partial charge in [-0.05, 0) is 49.7 Å². The average molecular weight is 523 g/mol. The van der Waals surface area contributed by atoms with Gasteiger partial charge in [0.1, 0.15) is 39.3 Å². The van der Waals surface area contributed by atoms with E-state index in [1.807, 2.05) is 0 Å². The molecule has 4 rings (SSSR count). The predicted octanol–water partition coefficient (Wildman–Crippen LogP) is 3.37. The molecule has 2 aliphatic carbocycles. The van der Waals surface area contributed by atoms with Crippen LogP contribution in [0.3, 0.4) is 0 Å². The van der Waals surface area contributed by atoms with Crippen LogP contribution in [0.1, 0.15) is 25.7 Å². The predicted molar refractivity (Wildman–Crippen MR) is 112 cm³/mol. The molecule has 2 saturated carbocycles. The number of rotatable bonds is 8. The fourth-order valence-corrected chi connectivity index (χ4v) is 4.76. The van der Waals surface area contributed by atoms with Crippen molar-refractivity contribution < 1.29 is 11.8 Å². The Hall–Kier alpha value is -1.17. The number of nitrogens with one attached hydrogen (secondary N) is 2. The van der Waals surface area contributed by atoms with Crippen molar-refractivity contribution in [3.63, 3.8) is 0 Å². The fourth-order valence-electron chi connectivity index (χ4n) is 3.32. The Morgan fingerprint density at radius 2 is 1.74 bits per heavy atom. The smallest absolute Gasteiger partial charge is 0.253 e. The number of halogens is 2. The molecule has 0 aliphatic heterocycles. The lowest BCUT2D eigenvalue weighted by Crippen LogP contribution is -2.40. The Morgan fingerprint density at radius 1 is 1.15 bits per heavy atom. The van der Waals surface area contributed by atoms with Crippen LogP contribution in [-0.4, -0.2) is 15.4 Å². The second kappa shape index (κ2) is 7.34. The van der Waals surface area contributed by atoms with Crippen LogP contribution >= 0.6 is 34.6 Å². The van der Waals surface area contributed by atoms with Crippen molar-refractivity contribution in [1.29, 1.82) is 0 Å². The number of aromatic hydroxyl groups is 1. The van der Waals surface area contributed by atoms with E-state index >= 15 is 0 Å². The quantitative estimate of drug-likeness (QED) is 0.277. The molecule has 27 heavy (non-hydrogen) atoms. The second-order valence-electron chi connectivity index (χ2n) is 6.95. The van der Waals surface area contributed by atoms with Crippen LogP contribution in [-0.2, 0) is 13.6 Å². The maximum absolute atomic E-state index is 12.1. The van der Waals surface area contributed by atoms with Crippen molar-refractivity contribution in [2.24, 2.45) is 11.8 Å². The van der Waals surface area contributed by atoms with E-state index in [1.54, 1.807) is 0 Å². The zero-order valence-electron chi connectivity index (χ0n) is 14.0. The molecule has 10 heteroatoms. The first-order valence-corrected chi connectivity index (χ1v) is 10.8. The molecule has 0 heterocycles. The van der Waals surface area contributed by atoms with Gasteiger partial charge in [0, 0.05) is 6.04 Å². The number of hydrogen-bond acceptors (Lipinski definition) is 7. The Balaban J connectivity index is 1.62. The van der Waals surface area contributed by atoms with Crippen LogP contribution in [0, 0.1) is 11.8 Å². The van der Waals surface area contributed by atoms with E-state index in [1.165, 1.54) is 35.1 Å². The van der Waals surface area contributed by atoms with E-state index in [-0.39, 0.29) is 33.0 Å². The van der Waals surface area contributed by atoms with Gasteiger partial charge in [-0.15, -0.1) is 0 Å². The number of hydrogen-bond donors (Lipinski definition) is 3. The lowest BCUT2D eigenvalue weighted by Gasteiger charge is -2.22. The summed E-state index contributed by atoms with van der Waals surface area (Å²) in [5.41, 5.74) is -0.718. The number of phenolic OH excluding ortho intramolecular Hbond substituents is 1. The molecule has 2 aromatic carbocycles. The zero-order chi connectivity index (χ0) is 19.3.